The Balaban J connectivity index is 2.57. The number of carbonyl (C=O) groups excluding carboxylic acids is 1. The average molecular weight is 270 g/mol. The molecule has 0 radical (unpaired) electrons. The van der Waals surface area contributed by atoms with Crippen molar-refractivity contribution in [2.45, 2.75) is 52.1 Å². The zero-order valence-electron chi connectivity index (χ0n) is 11.3. The van der Waals surface area contributed by atoms with Gasteiger partial charge >= 0.3 is 0 Å². The first kappa shape index (κ1) is 15.1. The molecule has 5 heteroatoms. The van der Waals surface area contributed by atoms with Crippen molar-refractivity contribution in [2.75, 3.05) is 6.54 Å². The third kappa shape index (κ3) is 4.07. The summed E-state index contributed by atoms with van der Waals surface area (Å²) < 4.78 is 4.07. The van der Waals surface area contributed by atoms with Crippen LogP contribution in [0.4, 0.5) is 0 Å². The Morgan fingerprint density at radius 3 is 2.50 bits per heavy atom. The highest BCUT2D eigenvalue weighted by Crippen LogP contribution is 2.19. The van der Waals surface area contributed by atoms with E-state index in [1.807, 2.05) is 20.8 Å². The minimum atomic E-state index is -0.781. The van der Waals surface area contributed by atoms with Crippen LogP contribution in [0.2, 0.25) is 0 Å². The van der Waals surface area contributed by atoms with Gasteiger partial charge in [-0.15, -0.1) is 0 Å². The molecule has 0 saturated carbocycles. The molecule has 1 amide bonds. The van der Waals surface area contributed by atoms with Crippen LogP contribution in [0.25, 0.3) is 0 Å². The molecule has 0 aliphatic heterocycles. The summed E-state index contributed by atoms with van der Waals surface area (Å²) in [6, 6.07) is 0. The largest absolute Gasteiger partial charge is 0.388 e. The number of amides is 1. The Morgan fingerprint density at radius 2 is 2.06 bits per heavy atom. The molecule has 102 valence electrons. The van der Waals surface area contributed by atoms with E-state index in [0.717, 1.165) is 18.5 Å². The second-order valence-electron chi connectivity index (χ2n) is 4.72. The fourth-order valence-electron chi connectivity index (χ4n) is 2.08. The van der Waals surface area contributed by atoms with Gasteiger partial charge in [0, 0.05) is 11.9 Å². The van der Waals surface area contributed by atoms with Gasteiger partial charge in [0.25, 0.3) is 5.91 Å². The van der Waals surface area contributed by atoms with Crippen molar-refractivity contribution in [3.63, 3.8) is 0 Å². The van der Waals surface area contributed by atoms with Gasteiger partial charge in [0.05, 0.1) is 16.9 Å². The van der Waals surface area contributed by atoms with E-state index in [1.165, 1.54) is 11.5 Å². The molecule has 0 atom stereocenters. The number of hydrogen-bond donors (Lipinski definition) is 2. The molecule has 1 heterocycles. The molecule has 0 fully saturated rings. The maximum Gasteiger partial charge on any atom is 0.254 e. The first-order chi connectivity index (χ1) is 8.52. The molecule has 0 unspecified atom stereocenters. The van der Waals surface area contributed by atoms with Crippen LogP contribution in [0, 0.1) is 6.92 Å². The summed E-state index contributed by atoms with van der Waals surface area (Å²) in [7, 11) is 0. The van der Waals surface area contributed by atoms with Gasteiger partial charge in [-0.1, -0.05) is 26.7 Å². The summed E-state index contributed by atoms with van der Waals surface area (Å²) in [6.45, 7) is 6.20. The van der Waals surface area contributed by atoms with E-state index >= 15 is 0 Å². The predicted octanol–water partition coefficient (Wildman–Crippen LogP) is 2.51. The lowest BCUT2D eigenvalue weighted by atomic mass is 9.92. The second-order valence-corrected chi connectivity index (χ2v) is 5.35. The molecule has 1 aromatic heterocycles. The molecule has 4 nitrogen and oxygen atoms in total. The van der Waals surface area contributed by atoms with Gasteiger partial charge in [0.1, 0.15) is 0 Å². The molecule has 0 bridgehead atoms. The number of aromatic nitrogens is 1. The van der Waals surface area contributed by atoms with Gasteiger partial charge in [-0.2, -0.15) is 4.37 Å². The highest BCUT2D eigenvalue weighted by molar-refractivity contribution is 7.03. The Labute approximate surface area is 113 Å². The third-order valence-corrected chi connectivity index (χ3v) is 3.72. The molecule has 0 saturated heterocycles. The van der Waals surface area contributed by atoms with Crippen molar-refractivity contribution in [1.29, 1.82) is 0 Å². The molecule has 0 spiro atoms. The topological polar surface area (TPSA) is 62.2 Å². The Bertz CT molecular complexity index is 384. The van der Waals surface area contributed by atoms with Gasteiger partial charge in [-0.25, -0.2) is 0 Å². The van der Waals surface area contributed by atoms with E-state index in [4.69, 9.17) is 0 Å². The van der Waals surface area contributed by atoms with Crippen LogP contribution < -0.4 is 5.32 Å². The summed E-state index contributed by atoms with van der Waals surface area (Å²) in [4.78, 5) is 11.9. The Morgan fingerprint density at radius 1 is 1.44 bits per heavy atom. The van der Waals surface area contributed by atoms with Gasteiger partial charge in [0.2, 0.25) is 0 Å². The van der Waals surface area contributed by atoms with Gasteiger partial charge in [-0.05, 0) is 31.3 Å². The Hall–Kier alpha value is -0.940. The summed E-state index contributed by atoms with van der Waals surface area (Å²) in [5.41, 5.74) is 0.568. The van der Waals surface area contributed by atoms with Crippen molar-refractivity contribution >= 4 is 17.4 Å². The van der Waals surface area contributed by atoms with Crippen molar-refractivity contribution in [2.24, 2.45) is 0 Å². The van der Waals surface area contributed by atoms with Crippen molar-refractivity contribution in [3.8, 4) is 0 Å². The Kier molecular flexibility index (Phi) is 5.75. The number of aliphatic hydroxyl groups is 1. The summed E-state index contributed by atoms with van der Waals surface area (Å²) in [5.74, 6) is -0.146. The lowest BCUT2D eigenvalue weighted by molar-refractivity contribution is 0.0213. The molecular weight excluding hydrogens is 248 g/mol. The van der Waals surface area contributed by atoms with Crippen LogP contribution in [0.15, 0.2) is 5.38 Å². The van der Waals surface area contributed by atoms with E-state index in [2.05, 4.69) is 9.69 Å². The standard InChI is InChI=1S/C13H22N2O2S/c1-4-6-13(17,7-5-2)9-14-12(16)11-8-18-15-10(11)3/h8,17H,4-7,9H2,1-3H3,(H,14,16). The molecule has 0 aliphatic carbocycles. The maximum atomic E-state index is 11.9. The zero-order valence-corrected chi connectivity index (χ0v) is 12.1. The van der Waals surface area contributed by atoms with Crippen molar-refractivity contribution in [1.82, 2.24) is 9.69 Å². The average Bonchev–Trinajstić information content (AvgIpc) is 2.73. The van der Waals surface area contributed by atoms with E-state index in [-0.39, 0.29) is 5.91 Å². The molecule has 2 N–H and O–H groups in total. The molecular formula is C13H22N2O2S. The molecule has 0 aromatic carbocycles. The first-order valence-corrected chi connectivity index (χ1v) is 7.27. The number of nitrogens with zero attached hydrogens (tertiary/aromatic N) is 1. The first-order valence-electron chi connectivity index (χ1n) is 6.44. The van der Waals surface area contributed by atoms with E-state index in [1.54, 1.807) is 5.38 Å². The van der Waals surface area contributed by atoms with Crippen molar-refractivity contribution < 1.29 is 9.90 Å². The van der Waals surface area contributed by atoms with E-state index < -0.39 is 5.60 Å². The summed E-state index contributed by atoms with van der Waals surface area (Å²) in [5, 5.41) is 15.0. The molecule has 18 heavy (non-hydrogen) atoms. The van der Waals surface area contributed by atoms with Crippen LogP contribution in [-0.2, 0) is 0 Å². The summed E-state index contributed by atoms with van der Waals surface area (Å²) in [6.07, 6.45) is 3.24. The lowest BCUT2D eigenvalue weighted by Gasteiger charge is -2.27. The highest BCUT2D eigenvalue weighted by Gasteiger charge is 2.26. The third-order valence-electron chi connectivity index (χ3n) is 3.00. The molecule has 1 aromatic rings. The number of carbonyl (C=O) groups is 1. The van der Waals surface area contributed by atoms with Crippen molar-refractivity contribution in [3.05, 3.63) is 16.6 Å². The molecule has 1 rings (SSSR count). The smallest absolute Gasteiger partial charge is 0.254 e. The maximum absolute atomic E-state index is 11.9. The van der Waals surface area contributed by atoms with E-state index in [0.29, 0.717) is 24.9 Å². The van der Waals surface area contributed by atoms with Crippen LogP contribution >= 0.6 is 11.5 Å². The molecule has 0 aliphatic rings. The summed E-state index contributed by atoms with van der Waals surface area (Å²) >= 11 is 1.28. The lowest BCUT2D eigenvalue weighted by Crippen LogP contribution is -2.42. The minimum Gasteiger partial charge on any atom is -0.388 e. The number of hydrogen-bond acceptors (Lipinski definition) is 4. The number of rotatable bonds is 7. The number of aryl methyl sites for hydroxylation is 1. The fraction of sp³-hybridized carbons (Fsp3) is 0.692. The van der Waals surface area contributed by atoms with Crippen LogP contribution in [-0.4, -0.2) is 27.5 Å². The van der Waals surface area contributed by atoms with Crippen LogP contribution in [0.5, 0.6) is 0 Å². The van der Waals surface area contributed by atoms with E-state index in [9.17, 15) is 9.90 Å². The fourth-order valence-corrected chi connectivity index (χ4v) is 2.78. The number of nitrogens with one attached hydrogen (secondary N) is 1. The van der Waals surface area contributed by atoms with Crippen LogP contribution in [0.1, 0.15) is 55.6 Å². The van der Waals surface area contributed by atoms with Gasteiger partial charge in [-0.3, -0.25) is 4.79 Å². The minimum absolute atomic E-state index is 0.146. The normalized spacial score (nSPS) is 11.6. The van der Waals surface area contributed by atoms with Crippen LogP contribution in [0.3, 0.4) is 0 Å². The SMILES string of the molecule is CCCC(O)(CCC)CNC(=O)c1csnc1C. The highest BCUT2D eigenvalue weighted by atomic mass is 32.1. The quantitative estimate of drug-likeness (QED) is 0.800. The second kappa shape index (κ2) is 6.85. The zero-order chi connectivity index (χ0) is 13.6. The van der Waals surface area contributed by atoms with Gasteiger partial charge < -0.3 is 10.4 Å². The monoisotopic (exact) mass is 270 g/mol. The predicted molar refractivity (Wildman–Crippen MR) is 74.0 cm³/mol. The van der Waals surface area contributed by atoms with Gasteiger partial charge in [0.15, 0.2) is 0 Å².